The standard InChI is InChI=1S/C22H18S3/c1-4-6-13-9-15-16(10-14(13)7-5-2)22-20-18(24-25-22)8-12(3)17-11-23-21(15)19(17)20/h4-5,8-10H,1-2,6-7,11H2,3H3. The minimum atomic E-state index is 0.920. The molecule has 0 radical (unpaired) electrons. The van der Waals surface area contributed by atoms with E-state index >= 15 is 0 Å². The fourth-order valence-corrected chi connectivity index (χ4v) is 8.14. The molecule has 0 aliphatic carbocycles. The highest BCUT2D eigenvalue weighted by Gasteiger charge is 2.29. The molecule has 5 rings (SSSR count). The Balaban J connectivity index is 1.96. The minimum Gasteiger partial charge on any atom is -0.120 e. The van der Waals surface area contributed by atoms with Crippen molar-refractivity contribution >= 4 is 54.9 Å². The van der Waals surface area contributed by atoms with Crippen molar-refractivity contribution in [3.8, 4) is 0 Å². The molecule has 0 atom stereocenters. The van der Waals surface area contributed by atoms with E-state index < -0.39 is 0 Å². The largest absolute Gasteiger partial charge is 0.120 e. The monoisotopic (exact) mass is 378 g/mol. The molecule has 0 bridgehead atoms. The van der Waals surface area contributed by atoms with E-state index in [4.69, 9.17) is 0 Å². The maximum absolute atomic E-state index is 3.96. The number of thioether (sulfide) groups is 1. The number of aryl methyl sites for hydroxylation is 1. The van der Waals surface area contributed by atoms with Crippen molar-refractivity contribution in [2.75, 3.05) is 0 Å². The van der Waals surface area contributed by atoms with Gasteiger partial charge in [0, 0.05) is 31.2 Å². The molecule has 0 saturated carbocycles. The summed E-state index contributed by atoms with van der Waals surface area (Å²) in [7, 11) is 3.86. The lowest BCUT2D eigenvalue weighted by atomic mass is 9.92. The van der Waals surface area contributed by atoms with Crippen LogP contribution in [0.4, 0.5) is 0 Å². The predicted molar refractivity (Wildman–Crippen MR) is 115 cm³/mol. The molecule has 124 valence electrons. The highest BCUT2D eigenvalue weighted by molar-refractivity contribution is 8.77. The van der Waals surface area contributed by atoms with Gasteiger partial charge >= 0.3 is 0 Å². The van der Waals surface area contributed by atoms with Crippen molar-refractivity contribution in [3.63, 3.8) is 0 Å². The molecule has 0 nitrogen and oxygen atoms in total. The fourth-order valence-electron chi connectivity index (χ4n) is 4.05. The molecule has 0 amide bonds. The van der Waals surface area contributed by atoms with Crippen LogP contribution in [0.2, 0.25) is 0 Å². The summed E-state index contributed by atoms with van der Waals surface area (Å²) >= 11 is 2.02. The summed E-state index contributed by atoms with van der Waals surface area (Å²) in [6.45, 7) is 10.2. The molecular formula is C22H18S3. The third-order valence-electron chi connectivity index (χ3n) is 5.21. The summed E-state index contributed by atoms with van der Waals surface area (Å²) in [5.41, 5.74) is 5.77. The lowest BCUT2D eigenvalue weighted by Crippen LogP contribution is -1.95. The summed E-state index contributed by atoms with van der Waals surface area (Å²) in [5.74, 6) is 1.11. The van der Waals surface area contributed by atoms with Gasteiger partial charge < -0.3 is 0 Å². The van der Waals surface area contributed by atoms with E-state index in [9.17, 15) is 0 Å². The van der Waals surface area contributed by atoms with Crippen molar-refractivity contribution in [1.29, 1.82) is 0 Å². The van der Waals surface area contributed by atoms with Gasteiger partial charge in [-0.1, -0.05) is 33.7 Å². The van der Waals surface area contributed by atoms with Crippen LogP contribution in [0.1, 0.15) is 22.3 Å². The zero-order chi connectivity index (χ0) is 17.1. The van der Waals surface area contributed by atoms with Gasteiger partial charge in [-0.3, -0.25) is 0 Å². The maximum Gasteiger partial charge on any atom is 0.0355 e. The molecule has 0 saturated heterocycles. The molecule has 0 spiro atoms. The first-order chi connectivity index (χ1) is 12.2. The number of hydrogen-bond acceptors (Lipinski definition) is 3. The van der Waals surface area contributed by atoms with Gasteiger partial charge in [0.05, 0.1) is 0 Å². The second-order valence-corrected chi connectivity index (χ2v) is 9.85. The van der Waals surface area contributed by atoms with E-state index in [1.807, 2.05) is 45.5 Å². The summed E-state index contributed by atoms with van der Waals surface area (Å²) in [6.07, 6.45) is 5.86. The van der Waals surface area contributed by atoms with Crippen LogP contribution in [0.3, 0.4) is 0 Å². The molecular weight excluding hydrogens is 360 g/mol. The Kier molecular flexibility index (Phi) is 3.74. The molecule has 0 aromatic heterocycles. The topological polar surface area (TPSA) is 0 Å². The lowest BCUT2D eigenvalue weighted by Gasteiger charge is -2.14. The predicted octanol–water partition coefficient (Wildman–Crippen LogP) is 7.48. The minimum absolute atomic E-state index is 0.920. The van der Waals surface area contributed by atoms with E-state index in [0.29, 0.717) is 0 Å². The van der Waals surface area contributed by atoms with Gasteiger partial charge in [0.25, 0.3) is 0 Å². The van der Waals surface area contributed by atoms with Gasteiger partial charge in [-0.05, 0) is 71.0 Å². The van der Waals surface area contributed by atoms with Crippen molar-refractivity contribution < 1.29 is 0 Å². The zero-order valence-electron chi connectivity index (χ0n) is 14.1. The average molecular weight is 379 g/mol. The van der Waals surface area contributed by atoms with Crippen LogP contribution in [0.15, 0.2) is 58.2 Å². The molecule has 25 heavy (non-hydrogen) atoms. The van der Waals surface area contributed by atoms with Gasteiger partial charge in [-0.2, -0.15) is 0 Å². The molecule has 0 fully saturated rings. The number of allylic oxidation sites excluding steroid dienone is 2. The number of benzene rings is 3. The molecule has 2 heterocycles. The quantitative estimate of drug-likeness (QED) is 0.262. The highest BCUT2D eigenvalue weighted by atomic mass is 33.1. The van der Waals surface area contributed by atoms with Crippen molar-refractivity contribution in [2.24, 2.45) is 0 Å². The van der Waals surface area contributed by atoms with Gasteiger partial charge in [0.15, 0.2) is 0 Å². The second-order valence-electron chi connectivity index (χ2n) is 6.69. The van der Waals surface area contributed by atoms with Crippen molar-refractivity contribution in [2.45, 2.75) is 40.2 Å². The third kappa shape index (κ3) is 2.19. The van der Waals surface area contributed by atoms with E-state index in [1.165, 1.54) is 52.9 Å². The SMILES string of the molecule is C=CCc1cc2c3c4c(cc(C)c5c4c(c2cc1CC=C)SC5)SS3. The Labute approximate surface area is 160 Å². The second kappa shape index (κ2) is 5.87. The van der Waals surface area contributed by atoms with Crippen LogP contribution in [0, 0.1) is 6.92 Å². The zero-order valence-corrected chi connectivity index (χ0v) is 16.6. The number of hydrogen-bond donors (Lipinski definition) is 0. The van der Waals surface area contributed by atoms with Crippen molar-refractivity contribution in [1.82, 2.24) is 0 Å². The van der Waals surface area contributed by atoms with Gasteiger partial charge in [-0.15, -0.1) is 24.9 Å². The summed E-state index contributed by atoms with van der Waals surface area (Å²) in [4.78, 5) is 4.41. The molecule has 0 unspecified atom stereocenters. The summed E-state index contributed by atoms with van der Waals surface area (Å²) in [5, 5.41) is 5.89. The fraction of sp³-hybridized carbons (Fsp3) is 0.182. The molecule has 2 aliphatic heterocycles. The Morgan fingerprint density at radius 3 is 2.28 bits per heavy atom. The Morgan fingerprint density at radius 2 is 1.60 bits per heavy atom. The van der Waals surface area contributed by atoms with E-state index in [0.717, 1.165) is 18.6 Å². The number of fused-ring (bicyclic) bond motifs is 3. The van der Waals surface area contributed by atoms with Crippen LogP contribution in [0.25, 0.3) is 21.5 Å². The number of rotatable bonds is 4. The molecule has 2 aliphatic rings. The van der Waals surface area contributed by atoms with Crippen molar-refractivity contribution in [3.05, 3.63) is 65.8 Å². The molecule has 3 aromatic carbocycles. The first-order valence-electron chi connectivity index (χ1n) is 8.49. The highest BCUT2D eigenvalue weighted by Crippen LogP contribution is 2.60. The van der Waals surface area contributed by atoms with Crippen LogP contribution < -0.4 is 0 Å². The van der Waals surface area contributed by atoms with E-state index in [1.54, 1.807) is 5.56 Å². The van der Waals surface area contributed by atoms with E-state index in [2.05, 4.69) is 38.3 Å². The Bertz CT molecular complexity index is 1090. The Hall–Kier alpha value is -1.29. The van der Waals surface area contributed by atoms with Crippen LogP contribution in [-0.4, -0.2) is 0 Å². The van der Waals surface area contributed by atoms with Gasteiger partial charge in [0.1, 0.15) is 0 Å². The van der Waals surface area contributed by atoms with Gasteiger partial charge in [0.2, 0.25) is 0 Å². The van der Waals surface area contributed by atoms with Gasteiger partial charge in [-0.25, -0.2) is 0 Å². The van der Waals surface area contributed by atoms with Crippen LogP contribution in [-0.2, 0) is 18.6 Å². The summed E-state index contributed by atoms with van der Waals surface area (Å²) < 4.78 is 0. The molecule has 3 heteroatoms. The molecule has 0 N–H and O–H groups in total. The van der Waals surface area contributed by atoms with E-state index in [-0.39, 0.29) is 0 Å². The Morgan fingerprint density at radius 1 is 0.920 bits per heavy atom. The average Bonchev–Trinajstić information content (AvgIpc) is 3.20. The normalized spacial score (nSPS) is 14.6. The lowest BCUT2D eigenvalue weighted by molar-refractivity contribution is 1.16. The smallest absolute Gasteiger partial charge is 0.0355 e. The molecule has 3 aromatic rings. The summed E-state index contributed by atoms with van der Waals surface area (Å²) in [6, 6.07) is 7.24. The van der Waals surface area contributed by atoms with Crippen LogP contribution in [0.5, 0.6) is 0 Å². The first-order valence-corrected chi connectivity index (χ1v) is 11.6. The third-order valence-corrected chi connectivity index (χ3v) is 8.82. The van der Waals surface area contributed by atoms with Crippen LogP contribution >= 0.6 is 33.3 Å². The maximum atomic E-state index is 3.96. The first kappa shape index (κ1) is 15.9.